The van der Waals surface area contributed by atoms with Crippen molar-refractivity contribution in [3.05, 3.63) is 29.8 Å². The number of hydrogen-bond donors (Lipinski definition) is 1. The number of nitrogens with one attached hydrogen (secondary N) is 1. The average Bonchev–Trinajstić information content (AvgIpc) is 2.97. The predicted octanol–water partition coefficient (Wildman–Crippen LogP) is 3.90. The SMILES string of the molecule is CNC(CCCC1CCCO1)c1ccc(OC(F)F)cc1. The van der Waals surface area contributed by atoms with Crippen molar-refractivity contribution >= 4 is 0 Å². The van der Waals surface area contributed by atoms with Crippen LogP contribution in [0, 0.1) is 0 Å². The molecule has 118 valence electrons. The van der Waals surface area contributed by atoms with E-state index in [1.807, 2.05) is 19.2 Å². The summed E-state index contributed by atoms with van der Waals surface area (Å²) in [5.41, 5.74) is 1.09. The normalized spacial score (nSPS) is 19.9. The van der Waals surface area contributed by atoms with Crippen LogP contribution in [-0.2, 0) is 4.74 Å². The van der Waals surface area contributed by atoms with Crippen LogP contribution in [0.15, 0.2) is 24.3 Å². The molecule has 1 aromatic carbocycles. The van der Waals surface area contributed by atoms with Crippen LogP contribution < -0.4 is 10.1 Å². The molecule has 2 rings (SSSR count). The van der Waals surface area contributed by atoms with E-state index < -0.39 is 6.61 Å². The fourth-order valence-corrected chi connectivity index (χ4v) is 2.78. The first-order valence-corrected chi connectivity index (χ1v) is 7.52. The van der Waals surface area contributed by atoms with Crippen LogP contribution in [0.4, 0.5) is 8.78 Å². The first-order valence-electron chi connectivity index (χ1n) is 7.52. The number of benzene rings is 1. The van der Waals surface area contributed by atoms with Crippen molar-refractivity contribution in [3.8, 4) is 5.75 Å². The van der Waals surface area contributed by atoms with Gasteiger partial charge in [-0.05, 0) is 56.8 Å². The summed E-state index contributed by atoms with van der Waals surface area (Å²) >= 11 is 0. The van der Waals surface area contributed by atoms with Crippen LogP contribution in [0.3, 0.4) is 0 Å². The third-order valence-electron chi connectivity index (χ3n) is 3.90. The summed E-state index contributed by atoms with van der Waals surface area (Å²) in [7, 11) is 1.92. The largest absolute Gasteiger partial charge is 0.435 e. The molecule has 1 N–H and O–H groups in total. The molecule has 1 aromatic rings. The molecule has 0 spiro atoms. The van der Waals surface area contributed by atoms with Gasteiger partial charge in [0.15, 0.2) is 0 Å². The molecule has 0 saturated carbocycles. The smallest absolute Gasteiger partial charge is 0.387 e. The summed E-state index contributed by atoms with van der Waals surface area (Å²) in [6, 6.07) is 7.08. The van der Waals surface area contributed by atoms with E-state index >= 15 is 0 Å². The van der Waals surface area contributed by atoms with Crippen molar-refractivity contribution in [1.82, 2.24) is 5.32 Å². The van der Waals surface area contributed by atoms with Crippen LogP contribution in [0.5, 0.6) is 5.75 Å². The van der Waals surface area contributed by atoms with Gasteiger partial charge in [0.25, 0.3) is 0 Å². The molecule has 2 unspecified atom stereocenters. The molecule has 0 aliphatic carbocycles. The van der Waals surface area contributed by atoms with E-state index in [2.05, 4.69) is 10.1 Å². The Balaban J connectivity index is 1.81. The van der Waals surface area contributed by atoms with E-state index in [0.717, 1.165) is 31.4 Å². The quantitative estimate of drug-likeness (QED) is 0.790. The standard InChI is InChI=1S/C16H23F2NO2/c1-19-15(6-2-4-13-5-3-11-20-13)12-7-9-14(10-8-12)21-16(17)18/h7-10,13,15-16,19H,2-6,11H2,1H3. The molecule has 21 heavy (non-hydrogen) atoms. The second-order valence-corrected chi connectivity index (χ2v) is 5.35. The Morgan fingerprint density at radius 2 is 2.10 bits per heavy atom. The molecule has 0 radical (unpaired) electrons. The van der Waals surface area contributed by atoms with E-state index in [1.165, 1.54) is 12.8 Å². The summed E-state index contributed by atoms with van der Waals surface area (Å²) in [5, 5.41) is 3.27. The van der Waals surface area contributed by atoms with Crippen molar-refractivity contribution < 1.29 is 18.3 Å². The summed E-state index contributed by atoms with van der Waals surface area (Å²) in [5.74, 6) is 0.197. The number of hydrogen-bond acceptors (Lipinski definition) is 3. The Bertz CT molecular complexity index is 405. The topological polar surface area (TPSA) is 30.5 Å². The highest BCUT2D eigenvalue weighted by Gasteiger charge is 2.16. The minimum Gasteiger partial charge on any atom is -0.435 e. The van der Waals surface area contributed by atoms with Gasteiger partial charge in [0.2, 0.25) is 0 Å². The zero-order valence-electron chi connectivity index (χ0n) is 12.4. The maximum Gasteiger partial charge on any atom is 0.387 e. The average molecular weight is 299 g/mol. The summed E-state index contributed by atoms with van der Waals surface area (Å²) in [4.78, 5) is 0. The summed E-state index contributed by atoms with van der Waals surface area (Å²) < 4.78 is 34.2. The highest BCUT2D eigenvalue weighted by atomic mass is 19.3. The minimum atomic E-state index is -2.78. The number of rotatable bonds is 8. The Morgan fingerprint density at radius 3 is 2.67 bits per heavy atom. The maximum atomic E-state index is 12.1. The molecule has 5 heteroatoms. The third-order valence-corrected chi connectivity index (χ3v) is 3.90. The van der Waals surface area contributed by atoms with Crippen LogP contribution >= 0.6 is 0 Å². The Labute approximate surface area is 124 Å². The van der Waals surface area contributed by atoms with Gasteiger partial charge in [0.05, 0.1) is 6.10 Å². The van der Waals surface area contributed by atoms with Crippen LogP contribution in [0.1, 0.15) is 43.7 Å². The van der Waals surface area contributed by atoms with Gasteiger partial charge in [-0.1, -0.05) is 12.1 Å². The van der Waals surface area contributed by atoms with Crippen molar-refractivity contribution in [1.29, 1.82) is 0 Å². The Hall–Kier alpha value is -1.20. The first-order chi connectivity index (χ1) is 10.2. The number of alkyl halides is 2. The monoisotopic (exact) mass is 299 g/mol. The molecule has 2 atom stereocenters. The second-order valence-electron chi connectivity index (χ2n) is 5.35. The van der Waals surface area contributed by atoms with Gasteiger partial charge in [0.1, 0.15) is 5.75 Å². The molecule has 3 nitrogen and oxygen atoms in total. The minimum absolute atomic E-state index is 0.197. The van der Waals surface area contributed by atoms with E-state index in [0.29, 0.717) is 6.10 Å². The molecular formula is C16H23F2NO2. The lowest BCUT2D eigenvalue weighted by Gasteiger charge is -2.18. The number of halogens is 2. The van der Waals surface area contributed by atoms with Crippen molar-refractivity contribution in [3.63, 3.8) is 0 Å². The lowest BCUT2D eigenvalue weighted by molar-refractivity contribution is -0.0498. The molecule has 1 fully saturated rings. The third kappa shape index (κ3) is 5.25. The van der Waals surface area contributed by atoms with Gasteiger partial charge in [-0.25, -0.2) is 0 Å². The Morgan fingerprint density at radius 1 is 1.33 bits per heavy atom. The van der Waals surface area contributed by atoms with Crippen molar-refractivity contribution in [2.75, 3.05) is 13.7 Å². The Kier molecular flexibility index (Phi) is 6.39. The van der Waals surface area contributed by atoms with Crippen LogP contribution in [0.25, 0.3) is 0 Å². The molecule has 1 heterocycles. The first kappa shape index (κ1) is 16.2. The van der Waals surface area contributed by atoms with Gasteiger partial charge in [-0.2, -0.15) is 8.78 Å². The highest BCUT2D eigenvalue weighted by Crippen LogP contribution is 2.25. The molecular weight excluding hydrogens is 276 g/mol. The van der Waals surface area contributed by atoms with Crippen LogP contribution in [0.2, 0.25) is 0 Å². The lowest BCUT2D eigenvalue weighted by atomic mass is 9.99. The molecule has 0 bridgehead atoms. The molecule has 1 aliphatic heterocycles. The van der Waals surface area contributed by atoms with Crippen molar-refractivity contribution in [2.24, 2.45) is 0 Å². The maximum absolute atomic E-state index is 12.1. The van der Waals surface area contributed by atoms with Crippen molar-refractivity contribution in [2.45, 2.75) is 50.9 Å². The summed E-state index contributed by atoms with van der Waals surface area (Å²) in [6.07, 6.45) is 5.95. The van der Waals surface area contributed by atoms with E-state index in [4.69, 9.17) is 4.74 Å². The second kappa shape index (κ2) is 8.29. The molecule has 1 aliphatic rings. The fraction of sp³-hybridized carbons (Fsp3) is 0.625. The van der Waals surface area contributed by atoms with Gasteiger partial charge in [0, 0.05) is 12.6 Å². The predicted molar refractivity (Wildman–Crippen MR) is 77.7 cm³/mol. The van der Waals surface area contributed by atoms with Gasteiger partial charge >= 0.3 is 6.61 Å². The van der Waals surface area contributed by atoms with Gasteiger partial charge in [-0.15, -0.1) is 0 Å². The van der Waals surface area contributed by atoms with Crippen LogP contribution in [-0.4, -0.2) is 26.4 Å². The summed E-state index contributed by atoms with van der Waals surface area (Å²) in [6.45, 7) is -1.88. The van der Waals surface area contributed by atoms with E-state index in [9.17, 15) is 8.78 Å². The lowest BCUT2D eigenvalue weighted by Crippen LogP contribution is -2.17. The van der Waals surface area contributed by atoms with E-state index in [-0.39, 0.29) is 11.8 Å². The highest BCUT2D eigenvalue weighted by molar-refractivity contribution is 5.29. The number of ether oxygens (including phenoxy) is 2. The zero-order chi connectivity index (χ0) is 15.1. The molecule has 0 aromatic heterocycles. The zero-order valence-corrected chi connectivity index (χ0v) is 12.4. The van der Waals surface area contributed by atoms with E-state index in [1.54, 1.807) is 12.1 Å². The molecule has 0 amide bonds. The van der Waals surface area contributed by atoms with Gasteiger partial charge in [-0.3, -0.25) is 0 Å². The fourth-order valence-electron chi connectivity index (χ4n) is 2.78. The van der Waals surface area contributed by atoms with Gasteiger partial charge < -0.3 is 14.8 Å². The molecule has 1 saturated heterocycles.